The molecule has 132 valence electrons. The first-order valence-corrected chi connectivity index (χ1v) is 8.28. The van der Waals surface area contributed by atoms with Crippen LogP contribution in [-0.2, 0) is 20.9 Å². The van der Waals surface area contributed by atoms with Crippen LogP contribution in [0.5, 0.6) is 5.75 Å². The van der Waals surface area contributed by atoms with E-state index in [-0.39, 0.29) is 17.9 Å². The van der Waals surface area contributed by atoms with Crippen LogP contribution in [-0.4, -0.2) is 36.3 Å². The highest BCUT2D eigenvalue weighted by atomic mass is 16.5. The highest BCUT2D eigenvalue weighted by molar-refractivity contribution is 5.77. The summed E-state index contributed by atoms with van der Waals surface area (Å²) in [6, 6.07) is 7.43. The molecule has 1 saturated carbocycles. The van der Waals surface area contributed by atoms with Crippen molar-refractivity contribution in [2.45, 2.75) is 50.7 Å². The van der Waals surface area contributed by atoms with Gasteiger partial charge in [0, 0.05) is 20.1 Å². The molecule has 0 bridgehead atoms. The Kier molecular flexibility index (Phi) is 6.61. The molecule has 1 amide bonds. The van der Waals surface area contributed by atoms with E-state index < -0.39 is 5.97 Å². The Labute approximate surface area is 142 Å². The molecule has 0 unspecified atom stereocenters. The fourth-order valence-corrected chi connectivity index (χ4v) is 2.70. The van der Waals surface area contributed by atoms with Gasteiger partial charge in [-0.25, -0.2) is 0 Å². The maximum absolute atomic E-state index is 12.0. The lowest BCUT2D eigenvalue weighted by Crippen LogP contribution is -2.43. The van der Waals surface area contributed by atoms with Gasteiger partial charge in [-0.1, -0.05) is 12.1 Å². The largest absolute Gasteiger partial charge is 0.494 e. The van der Waals surface area contributed by atoms with Crippen molar-refractivity contribution in [2.75, 3.05) is 13.7 Å². The molecule has 0 radical (unpaired) electrons. The van der Waals surface area contributed by atoms with E-state index in [1.165, 1.54) is 0 Å². The van der Waals surface area contributed by atoms with E-state index in [2.05, 4.69) is 5.32 Å². The average Bonchev–Trinajstić information content (AvgIpc) is 2.54. The minimum absolute atomic E-state index is 0.00514. The predicted molar refractivity (Wildman–Crippen MR) is 88.9 cm³/mol. The lowest BCUT2D eigenvalue weighted by Gasteiger charge is -2.39. The number of aliphatic carboxylic acids is 1. The SMILES string of the molecule is COC1(CC(=O)NCc2ccc(OCCCC(=O)O)cc2)CCC1. The second-order valence-electron chi connectivity index (χ2n) is 6.18. The van der Waals surface area contributed by atoms with E-state index >= 15 is 0 Å². The molecular formula is C18H25NO5. The van der Waals surface area contributed by atoms with E-state index in [0.29, 0.717) is 31.7 Å². The van der Waals surface area contributed by atoms with Crippen molar-refractivity contribution in [2.24, 2.45) is 0 Å². The predicted octanol–water partition coefficient (Wildman–Crippen LogP) is 2.51. The van der Waals surface area contributed by atoms with E-state index in [0.717, 1.165) is 24.8 Å². The van der Waals surface area contributed by atoms with E-state index in [9.17, 15) is 9.59 Å². The smallest absolute Gasteiger partial charge is 0.303 e. The average molecular weight is 335 g/mol. The molecule has 1 aromatic rings. The molecular weight excluding hydrogens is 310 g/mol. The summed E-state index contributed by atoms with van der Waals surface area (Å²) in [6.07, 6.45) is 4.01. The van der Waals surface area contributed by atoms with Crippen molar-refractivity contribution in [1.29, 1.82) is 0 Å². The molecule has 1 aliphatic rings. The Balaban J connectivity index is 1.69. The summed E-state index contributed by atoms with van der Waals surface area (Å²) in [5, 5.41) is 11.5. The van der Waals surface area contributed by atoms with Crippen LogP contribution in [0.3, 0.4) is 0 Å². The Morgan fingerprint density at radius 2 is 1.96 bits per heavy atom. The lowest BCUT2D eigenvalue weighted by atomic mass is 9.77. The summed E-state index contributed by atoms with van der Waals surface area (Å²) in [4.78, 5) is 22.4. The molecule has 0 saturated heterocycles. The fraction of sp³-hybridized carbons (Fsp3) is 0.556. The number of methoxy groups -OCH3 is 1. The molecule has 0 aliphatic heterocycles. The summed E-state index contributed by atoms with van der Waals surface area (Å²) in [5.41, 5.74) is 0.735. The molecule has 6 heteroatoms. The first kappa shape index (κ1) is 18.3. The van der Waals surface area contributed by atoms with Crippen molar-refractivity contribution in [3.8, 4) is 5.75 Å². The standard InChI is InChI=1S/C18H25NO5/c1-23-18(9-3-10-18)12-16(20)19-13-14-5-7-15(8-6-14)24-11-2-4-17(21)22/h5-8H,2-4,9-13H2,1H3,(H,19,20)(H,21,22). The minimum atomic E-state index is -0.818. The molecule has 0 heterocycles. The Morgan fingerprint density at radius 1 is 1.25 bits per heavy atom. The quantitative estimate of drug-likeness (QED) is 0.642. The first-order chi connectivity index (χ1) is 11.5. The number of hydrogen-bond acceptors (Lipinski definition) is 4. The van der Waals surface area contributed by atoms with Gasteiger partial charge in [0.2, 0.25) is 5.91 Å². The summed E-state index contributed by atoms with van der Waals surface area (Å²) in [6.45, 7) is 0.847. The van der Waals surface area contributed by atoms with Crippen molar-refractivity contribution in [3.63, 3.8) is 0 Å². The molecule has 0 spiro atoms. The topological polar surface area (TPSA) is 84.9 Å². The summed E-state index contributed by atoms with van der Waals surface area (Å²) in [7, 11) is 1.67. The number of carbonyl (C=O) groups is 2. The fourth-order valence-electron chi connectivity index (χ4n) is 2.70. The van der Waals surface area contributed by atoms with Gasteiger partial charge in [-0.05, 0) is 43.4 Å². The number of nitrogens with one attached hydrogen (secondary N) is 1. The number of amides is 1. The third-order valence-corrected chi connectivity index (χ3v) is 4.40. The number of carboxylic acids is 1. The van der Waals surface area contributed by atoms with Gasteiger partial charge in [0.15, 0.2) is 0 Å². The monoisotopic (exact) mass is 335 g/mol. The second-order valence-corrected chi connectivity index (χ2v) is 6.18. The van der Waals surface area contributed by atoms with Crippen LogP contribution in [0.2, 0.25) is 0 Å². The molecule has 24 heavy (non-hydrogen) atoms. The van der Waals surface area contributed by atoms with Gasteiger partial charge in [0.1, 0.15) is 5.75 Å². The molecule has 0 atom stereocenters. The van der Waals surface area contributed by atoms with Gasteiger partial charge in [0.25, 0.3) is 0 Å². The van der Waals surface area contributed by atoms with Gasteiger partial charge in [-0.3, -0.25) is 9.59 Å². The zero-order valence-corrected chi connectivity index (χ0v) is 14.0. The van der Waals surface area contributed by atoms with Gasteiger partial charge < -0.3 is 19.9 Å². The zero-order valence-electron chi connectivity index (χ0n) is 14.0. The zero-order chi connectivity index (χ0) is 17.4. The van der Waals surface area contributed by atoms with Crippen LogP contribution < -0.4 is 10.1 Å². The van der Waals surface area contributed by atoms with Gasteiger partial charge in [-0.15, -0.1) is 0 Å². The van der Waals surface area contributed by atoms with Crippen LogP contribution >= 0.6 is 0 Å². The molecule has 6 nitrogen and oxygen atoms in total. The summed E-state index contributed by atoms with van der Waals surface area (Å²) >= 11 is 0. The van der Waals surface area contributed by atoms with Crippen molar-refractivity contribution in [1.82, 2.24) is 5.32 Å². The molecule has 2 rings (SSSR count). The van der Waals surface area contributed by atoms with Crippen LogP contribution in [0.1, 0.15) is 44.1 Å². The molecule has 0 aromatic heterocycles. The van der Waals surface area contributed by atoms with E-state index in [1.807, 2.05) is 24.3 Å². The van der Waals surface area contributed by atoms with E-state index in [1.54, 1.807) is 7.11 Å². The minimum Gasteiger partial charge on any atom is -0.494 e. The van der Waals surface area contributed by atoms with Crippen molar-refractivity contribution >= 4 is 11.9 Å². The van der Waals surface area contributed by atoms with Crippen LogP contribution in [0, 0.1) is 0 Å². The van der Waals surface area contributed by atoms with Crippen LogP contribution in [0.4, 0.5) is 0 Å². The number of rotatable bonds is 10. The summed E-state index contributed by atoms with van der Waals surface area (Å²) < 4.78 is 10.9. The van der Waals surface area contributed by atoms with Crippen LogP contribution in [0.25, 0.3) is 0 Å². The van der Waals surface area contributed by atoms with E-state index in [4.69, 9.17) is 14.6 Å². The lowest BCUT2D eigenvalue weighted by molar-refractivity contribution is -0.137. The number of ether oxygens (including phenoxy) is 2. The Hall–Kier alpha value is -2.08. The maximum Gasteiger partial charge on any atom is 0.303 e. The molecule has 1 aliphatic carbocycles. The highest BCUT2D eigenvalue weighted by Crippen LogP contribution is 2.37. The maximum atomic E-state index is 12.0. The molecule has 1 aromatic carbocycles. The molecule has 2 N–H and O–H groups in total. The summed E-state index contributed by atoms with van der Waals surface area (Å²) in [5.74, 6) is -0.115. The first-order valence-electron chi connectivity index (χ1n) is 8.28. The van der Waals surface area contributed by atoms with Crippen LogP contribution in [0.15, 0.2) is 24.3 Å². The molecule has 1 fully saturated rings. The third-order valence-electron chi connectivity index (χ3n) is 4.40. The number of hydrogen-bond donors (Lipinski definition) is 2. The normalized spacial score (nSPS) is 15.4. The van der Waals surface area contributed by atoms with Crippen molar-refractivity contribution in [3.05, 3.63) is 29.8 Å². The highest BCUT2D eigenvalue weighted by Gasteiger charge is 2.38. The van der Waals surface area contributed by atoms with Crippen molar-refractivity contribution < 1.29 is 24.2 Å². The van der Waals surface area contributed by atoms with Gasteiger partial charge >= 0.3 is 5.97 Å². The second kappa shape index (κ2) is 8.68. The number of carboxylic acid groups (broad SMARTS) is 1. The Morgan fingerprint density at radius 3 is 2.50 bits per heavy atom. The van der Waals surface area contributed by atoms with Gasteiger partial charge in [0.05, 0.1) is 18.6 Å². The Bertz CT molecular complexity index is 546. The third kappa shape index (κ3) is 5.53. The number of benzene rings is 1. The van der Waals surface area contributed by atoms with Gasteiger partial charge in [-0.2, -0.15) is 0 Å². The number of carbonyl (C=O) groups excluding carboxylic acids is 1.